The van der Waals surface area contributed by atoms with Crippen LogP contribution in [0.2, 0.25) is 0 Å². The van der Waals surface area contributed by atoms with Crippen molar-refractivity contribution in [1.82, 2.24) is 10.9 Å². The summed E-state index contributed by atoms with van der Waals surface area (Å²) in [7, 11) is 0. The van der Waals surface area contributed by atoms with Crippen molar-refractivity contribution in [1.29, 1.82) is 0 Å². The second kappa shape index (κ2) is 7.51. The molecular formula is C16H16N2O3S. The fraction of sp³-hybridized carbons (Fsp3) is 0.125. The van der Waals surface area contributed by atoms with Gasteiger partial charge in [0.05, 0.1) is 10.8 Å². The number of phenolic OH excluding ortho intramolecular Hbond substituents is 1. The second-order valence-electron chi connectivity index (χ2n) is 4.53. The van der Waals surface area contributed by atoms with Crippen molar-refractivity contribution in [2.24, 2.45) is 0 Å². The minimum Gasteiger partial charge on any atom is -0.507 e. The predicted octanol–water partition coefficient (Wildman–Crippen LogP) is 2.33. The monoisotopic (exact) mass is 316 g/mol. The lowest BCUT2D eigenvalue weighted by molar-refractivity contribution is -0.121. The fourth-order valence-electron chi connectivity index (χ4n) is 1.71. The highest BCUT2D eigenvalue weighted by atomic mass is 32.2. The Morgan fingerprint density at radius 3 is 2.32 bits per heavy atom. The van der Waals surface area contributed by atoms with Gasteiger partial charge in [-0.05, 0) is 31.2 Å². The molecule has 0 saturated carbocycles. The molecule has 2 rings (SSSR count). The summed E-state index contributed by atoms with van der Waals surface area (Å²) in [5.41, 5.74) is 4.76. The zero-order valence-electron chi connectivity index (χ0n) is 11.9. The summed E-state index contributed by atoms with van der Waals surface area (Å²) in [5, 5.41) is 9.20. The molecule has 5 nitrogen and oxygen atoms in total. The Balaban J connectivity index is 1.87. The number of hydrogen-bond donors (Lipinski definition) is 3. The lowest BCUT2D eigenvalue weighted by Crippen LogP contribution is -2.44. The van der Waals surface area contributed by atoms with Crippen LogP contribution in [0.1, 0.15) is 17.3 Å². The third-order valence-electron chi connectivity index (χ3n) is 2.87. The Morgan fingerprint density at radius 1 is 1.00 bits per heavy atom. The molecule has 0 aliphatic rings. The molecule has 0 aliphatic carbocycles. The summed E-state index contributed by atoms with van der Waals surface area (Å²) in [6.07, 6.45) is 0. The summed E-state index contributed by atoms with van der Waals surface area (Å²) in [6.45, 7) is 1.75. The maximum atomic E-state index is 12.0. The summed E-state index contributed by atoms with van der Waals surface area (Å²) < 4.78 is 0. The Labute approximate surface area is 132 Å². The molecule has 22 heavy (non-hydrogen) atoms. The molecule has 2 aromatic carbocycles. The number of hydrogen-bond acceptors (Lipinski definition) is 4. The zero-order chi connectivity index (χ0) is 15.9. The fourth-order valence-corrected chi connectivity index (χ4v) is 2.60. The molecular weight excluding hydrogens is 300 g/mol. The molecule has 2 aromatic rings. The van der Waals surface area contributed by atoms with Crippen LogP contribution >= 0.6 is 11.8 Å². The summed E-state index contributed by atoms with van der Waals surface area (Å²) in [4.78, 5) is 24.8. The Kier molecular flexibility index (Phi) is 5.43. The highest BCUT2D eigenvalue weighted by Crippen LogP contribution is 2.22. The number of benzene rings is 2. The minimum absolute atomic E-state index is 0.103. The minimum atomic E-state index is -0.566. The van der Waals surface area contributed by atoms with Crippen LogP contribution < -0.4 is 10.9 Å². The van der Waals surface area contributed by atoms with Crippen molar-refractivity contribution in [3.8, 4) is 5.75 Å². The number of nitrogens with one attached hydrogen (secondary N) is 2. The molecule has 1 atom stereocenters. The average Bonchev–Trinajstić information content (AvgIpc) is 2.53. The number of carbonyl (C=O) groups excluding carboxylic acids is 2. The first-order chi connectivity index (χ1) is 10.6. The molecule has 0 spiro atoms. The van der Waals surface area contributed by atoms with Crippen LogP contribution in [0.5, 0.6) is 5.75 Å². The van der Waals surface area contributed by atoms with Crippen molar-refractivity contribution in [2.45, 2.75) is 17.1 Å². The van der Waals surface area contributed by atoms with E-state index in [-0.39, 0.29) is 22.5 Å². The first-order valence-corrected chi connectivity index (χ1v) is 7.56. The van der Waals surface area contributed by atoms with Crippen molar-refractivity contribution < 1.29 is 14.7 Å². The standard InChI is InChI=1S/C16H16N2O3S/c1-11(22-12-7-3-2-4-8-12)15(20)17-18-16(21)13-9-5-6-10-14(13)19/h2-11,19H,1H3,(H,17,20)(H,18,21). The van der Waals surface area contributed by atoms with Gasteiger partial charge < -0.3 is 5.11 Å². The van der Waals surface area contributed by atoms with Crippen LogP contribution in [0.3, 0.4) is 0 Å². The van der Waals surface area contributed by atoms with Gasteiger partial charge in [0, 0.05) is 4.90 Å². The van der Waals surface area contributed by atoms with Crippen LogP contribution in [0.4, 0.5) is 0 Å². The molecule has 114 valence electrons. The molecule has 0 heterocycles. The Hall–Kier alpha value is -2.47. The van der Waals surface area contributed by atoms with E-state index < -0.39 is 5.91 Å². The largest absolute Gasteiger partial charge is 0.507 e. The van der Waals surface area contributed by atoms with Gasteiger partial charge in [0.15, 0.2) is 0 Å². The van der Waals surface area contributed by atoms with E-state index in [1.807, 2.05) is 30.3 Å². The number of thioether (sulfide) groups is 1. The molecule has 1 unspecified atom stereocenters. The molecule has 0 bridgehead atoms. The van der Waals surface area contributed by atoms with Gasteiger partial charge in [0.2, 0.25) is 0 Å². The Morgan fingerprint density at radius 2 is 1.64 bits per heavy atom. The number of carbonyl (C=O) groups is 2. The van der Waals surface area contributed by atoms with Gasteiger partial charge in [-0.1, -0.05) is 30.3 Å². The van der Waals surface area contributed by atoms with E-state index in [9.17, 15) is 14.7 Å². The second-order valence-corrected chi connectivity index (χ2v) is 5.95. The lowest BCUT2D eigenvalue weighted by Gasteiger charge is -2.13. The van der Waals surface area contributed by atoms with Gasteiger partial charge >= 0.3 is 0 Å². The maximum absolute atomic E-state index is 12.0. The highest BCUT2D eigenvalue weighted by molar-refractivity contribution is 8.00. The molecule has 0 saturated heterocycles. The summed E-state index contributed by atoms with van der Waals surface area (Å²) in [6, 6.07) is 15.6. The van der Waals surface area contributed by atoms with Crippen LogP contribution in [0.15, 0.2) is 59.5 Å². The molecule has 2 amide bonds. The number of rotatable bonds is 4. The van der Waals surface area contributed by atoms with Gasteiger partial charge in [-0.2, -0.15) is 0 Å². The average molecular weight is 316 g/mol. The summed E-state index contributed by atoms with van der Waals surface area (Å²) in [5.74, 6) is -1.03. The van der Waals surface area contributed by atoms with Gasteiger partial charge in [-0.25, -0.2) is 0 Å². The highest BCUT2D eigenvalue weighted by Gasteiger charge is 2.16. The van der Waals surface area contributed by atoms with Crippen molar-refractivity contribution in [2.75, 3.05) is 0 Å². The van der Waals surface area contributed by atoms with Gasteiger partial charge in [-0.15, -0.1) is 11.8 Å². The first kappa shape index (κ1) is 15.9. The molecule has 6 heteroatoms. The molecule has 0 radical (unpaired) electrons. The van der Waals surface area contributed by atoms with Crippen LogP contribution in [-0.2, 0) is 4.79 Å². The lowest BCUT2D eigenvalue weighted by atomic mass is 10.2. The third-order valence-corrected chi connectivity index (χ3v) is 3.99. The van der Waals surface area contributed by atoms with Crippen molar-refractivity contribution in [3.05, 3.63) is 60.2 Å². The van der Waals surface area contributed by atoms with Gasteiger partial charge in [0.1, 0.15) is 5.75 Å². The van der Waals surface area contributed by atoms with Crippen molar-refractivity contribution in [3.63, 3.8) is 0 Å². The summed E-state index contributed by atoms with van der Waals surface area (Å²) >= 11 is 1.39. The third kappa shape index (κ3) is 4.26. The number of amides is 2. The van der Waals surface area contributed by atoms with E-state index in [4.69, 9.17) is 0 Å². The van der Waals surface area contributed by atoms with E-state index in [0.717, 1.165) is 4.90 Å². The van der Waals surface area contributed by atoms with E-state index in [2.05, 4.69) is 10.9 Å². The molecule has 3 N–H and O–H groups in total. The maximum Gasteiger partial charge on any atom is 0.273 e. The molecule has 0 aromatic heterocycles. The predicted molar refractivity (Wildman–Crippen MR) is 85.5 cm³/mol. The van der Waals surface area contributed by atoms with E-state index in [1.54, 1.807) is 19.1 Å². The van der Waals surface area contributed by atoms with Crippen LogP contribution in [0.25, 0.3) is 0 Å². The van der Waals surface area contributed by atoms with Crippen LogP contribution in [-0.4, -0.2) is 22.2 Å². The number of phenols is 1. The molecule has 0 aliphatic heterocycles. The normalized spacial score (nSPS) is 11.5. The van der Waals surface area contributed by atoms with Crippen LogP contribution in [0, 0.1) is 0 Å². The SMILES string of the molecule is CC(Sc1ccccc1)C(=O)NNC(=O)c1ccccc1O. The zero-order valence-corrected chi connectivity index (χ0v) is 12.8. The number of para-hydroxylation sites is 1. The molecule has 0 fully saturated rings. The first-order valence-electron chi connectivity index (χ1n) is 6.68. The smallest absolute Gasteiger partial charge is 0.273 e. The number of hydrazine groups is 1. The quantitative estimate of drug-likeness (QED) is 0.597. The van der Waals surface area contributed by atoms with E-state index in [1.165, 1.54) is 23.9 Å². The topological polar surface area (TPSA) is 78.4 Å². The Bertz CT molecular complexity index is 661. The van der Waals surface area contributed by atoms with Crippen molar-refractivity contribution >= 4 is 23.6 Å². The number of aromatic hydroxyl groups is 1. The van der Waals surface area contributed by atoms with E-state index >= 15 is 0 Å². The van der Waals surface area contributed by atoms with Gasteiger partial charge in [0.25, 0.3) is 11.8 Å². The van der Waals surface area contributed by atoms with Gasteiger partial charge in [-0.3, -0.25) is 20.4 Å². The van der Waals surface area contributed by atoms with E-state index in [0.29, 0.717) is 0 Å².